The summed E-state index contributed by atoms with van der Waals surface area (Å²) in [5, 5.41) is 8.13. The average Bonchev–Trinajstić information content (AvgIpc) is 3.18. The van der Waals surface area contributed by atoms with E-state index >= 15 is 0 Å². The zero-order valence-electron chi connectivity index (χ0n) is 18.4. The summed E-state index contributed by atoms with van der Waals surface area (Å²) in [5.41, 5.74) is 4.19. The SMILES string of the molecule is COc1ccc(-n2ncc([C@@H](C)NCc3cc(OC)c(OC)cc3OC)c2C)cc1. The van der Waals surface area contributed by atoms with Crippen LogP contribution in [0.1, 0.15) is 29.8 Å². The second kappa shape index (κ2) is 9.54. The van der Waals surface area contributed by atoms with Gasteiger partial charge in [-0.2, -0.15) is 5.10 Å². The molecule has 160 valence electrons. The smallest absolute Gasteiger partial charge is 0.164 e. The lowest BCUT2D eigenvalue weighted by atomic mass is 10.1. The van der Waals surface area contributed by atoms with Gasteiger partial charge in [0.15, 0.2) is 11.5 Å². The zero-order valence-corrected chi connectivity index (χ0v) is 18.4. The van der Waals surface area contributed by atoms with Gasteiger partial charge in [0.05, 0.1) is 40.3 Å². The van der Waals surface area contributed by atoms with E-state index in [9.17, 15) is 0 Å². The molecule has 1 N–H and O–H groups in total. The summed E-state index contributed by atoms with van der Waals surface area (Å²) in [7, 11) is 6.55. The normalized spacial score (nSPS) is 11.8. The third kappa shape index (κ3) is 4.36. The molecular formula is C23H29N3O4. The van der Waals surface area contributed by atoms with E-state index in [0.717, 1.165) is 34.0 Å². The van der Waals surface area contributed by atoms with Crippen molar-refractivity contribution in [2.24, 2.45) is 0 Å². The van der Waals surface area contributed by atoms with Crippen molar-refractivity contribution in [3.63, 3.8) is 0 Å². The number of hydrogen-bond acceptors (Lipinski definition) is 6. The number of hydrogen-bond donors (Lipinski definition) is 1. The lowest BCUT2D eigenvalue weighted by Crippen LogP contribution is -2.19. The highest BCUT2D eigenvalue weighted by molar-refractivity contribution is 5.50. The molecule has 1 heterocycles. The maximum atomic E-state index is 5.53. The summed E-state index contributed by atoms with van der Waals surface area (Å²) in [6.45, 7) is 4.80. The molecule has 7 nitrogen and oxygen atoms in total. The summed E-state index contributed by atoms with van der Waals surface area (Å²) < 4.78 is 23.5. The molecule has 0 spiro atoms. The molecule has 0 bridgehead atoms. The van der Waals surface area contributed by atoms with E-state index in [1.807, 2.05) is 47.3 Å². The molecule has 3 aromatic rings. The minimum atomic E-state index is 0.0924. The topological polar surface area (TPSA) is 66.8 Å². The summed E-state index contributed by atoms with van der Waals surface area (Å²) >= 11 is 0. The average molecular weight is 412 g/mol. The van der Waals surface area contributed by atoms with Crippen LogP contribution in [0, 0.1) is 6.92 Å². The first kappa shape index (κ1) is 21.5. The molecule has 1 atom stereocenters. The third-order valence-corrected chi connectivity index (χ3v) is 5.22. The Labute approximate surface area is 177 Å². The summed E-state index contributed by atoms with van der Waals surface area (Å²) in [6.07, 6.45) is 1.91. The van der Waals surface area contributed by atoms with Gasteiger partial charge >= 0.3 is 0 Å². The molecule has 0 aliphatic heterocycles. The lowest BCUT2D eigenvalue weighted by Gasteiger charge is -2.17. The maximum Gasteiger partial charge on any atom is 0.164 e. The molecule has 30 heavy (non-hydrogen) atoms. The van der Waals surface area contributed by atoms with E-state index in [4.69, 9.17) is 18.9 Å². The number of benzene rings is 2. The highest BCUT2D eigenvalue weighted by Gasteiger charge is 2.16. The first-order valence-electron chi connectivity index (χ1n) is 9.73. The van der Waals surface area contributed by atoms with Crippen LogP contribution in [0.5, 0.6) is 23.0 Å². The van der Waals surface area contributed by atoms with E-state index in [-0.39, 0.29) is 6.04 Å². The van der Waals surface area contributed by atoms with Crippen molar-refractivity contribution in [1.29, 1.82) is 0 Å². The van der Waals surface area contributed by atoms with Crippen LogP contribution in [0.4, 0.5) is 0 Å². The molecule has 0 radical (unpaired) electrons. The maximum absolute atomic E-state index is 5.53. The molecule has 0 fully saturated rings. The quantitative estimate of drug-likeness (QED) is 0.573. The molecule has 0 aliphatic rings. The Kier molecular flexibility index (Phi) is 6.84. The van der Waals surface area contributed by atoms with Crippen molar-refractivity contribution in [2.45, 2.75) is 26.4 Å². The van der Waals surface area contributed by atoms with Crippen LogP contribution in [0.25, 0.3) is 5.69 Å². The standard InChI is InChI=1S/C23H29N3O4/c1-15(24-13-17-11-22(29-5)23(30-6)12-21(17)28-4)20-14-25-26(16(20)2)18-7-9-19(27-3)10-8-18/h7-12,14-15,24H,13H2,1-6H3/t15-/m1/s1. The first-order chi connectivity index (χ1) is 14.5. The Morgan fingerprint density at radius 2 is 1.53 bits per heavy atom. The van der Waals surface area contributed by atoms with Crippen molar-refractivity contribution in [1.82, 2.24) is 15.1 Å². The van der Waals surface area contributed by atoms with Gasteiger partial charge in [0.1, 0.15) is 11.5 Å². The van der Waals surface area contributed by atoms with E-state index in [1.54, 1.807) is 28.4 Å². The van der Waals surface area contributed by atoms with E-state index in [1.165, 1.54) is 0 Å². The molecule has 0 amide bonds. The van der Waals surface area contributed by atoms with Crippen LogP contribution in [-0.4, -0.2) is 38.2 Å². The van der Waals surface area contributed by atoms with Crippen LogP contribution >= 0.6 is 0 Å². The minimum Gasteiger partial charge on any atom is -0.497 e. The van der Waals surface area contributed by atoms with Gasteiger partial charge in [0, 0.05) is 35.5 Å². The van der Waals surface area contributed by atoms with Gasteiger partial charge in [-0.25, -0.2) is 4.68 Å². The van der Waals surface area contributed by atoms with Crippen LogP contribution in [0.2, 0.25) is 0 Å². The van der Waals surface area contributed by atoms with Gasteiger partial charge in [0.2, 0.25) is 0 Å². The summed E-state index contributed by atoms with van der Waals surface area (Å²) in [4.78, 5) is 0. The van der Waals surface area contributed by atoms with E-state index in [0.29, 0.717) is 18.0 Å². The minimum absolute atomic E-state index is 0.0924. The van der Waals surface area contributed by atoms with Crippen LogP contribution < -0.4 is 24.3 Å². The number of nitrogens with zero attached hydrogens (tertiary/aromatic N) is 2. The van der Waals surface area contributed by atoms with E-state index in [2.05, 4.69) is 24.3 Å². The Morgan fingerprint density at radius 1 is 0.900 bits per heavy atom. The largest absolute Gasteiger partial charge is 0.497 e. The van der Waals surface area contributed by atoms with Gasteiger partial charge in [-0.1, -0.05) is 0 Å². The molecule has 0 unspecified atom stereocenters. The van der Waals surface area contributed by atoms with Crippen molar-refractivity contribution < 1.29 is 18.9 Å². The van der Waals surface area contributed by atoms with Gasteiger partial charge in [-0.15, -0.1) is 0 Å². The Balaban J connectivity index is 1.77. The fraction of sp³-hybridized carbons (Fsp3) is 0.348. The number of aromatic nitrogens is 2. The molecule has 0 saturated heterocycles. The van der Waals surface area contributed by atoms with Gasteiger partial charge < -0.3 is 24.3 Å². The Morgan fingerprint density at radius 3 is 2.13 bits per heavy atom. The number of nitrogens with one attached hydrogen (secondary N) is 1. The second-order valence-corrected chi connectivity index (χ2v) is 6.92. The fourth-order valence-corrected chi connectivity index (χ4v) is 3.43. The Bertz CT molecular complexity index is 983. The molecule has 3 rings (SSSR count). The van der Waals surface area contributed by atoms with Crippen LogP contribution in [0.3, 0.4) is 0 Å². The molecular weight excluding hydrogens is 382 g/mol. The fourth-order valence-electron chi connectivity index (χ4n) is 3.43. The van der Waals surface area contributed by atoms with Gasteiger partial charge in [-0.05, 0) is 44.2 Å². The van der Waals surface area contributed by atoms with Gasteiger partial charge in [-0.3, -0.25) is 0 Å². The number of methoxy groups -OCH3 is 4. The van der Waals surface area contributed by atoms with Gasteiger partial charge in [0.25, 0.3) is 0 Å². The highest BCUT2D eigenvalue weighted by atomic mass is 16.5. The molecule has 0 saturated carbocycles. The zero-order chi connectivity index (χ0) is 21.7. The molecule has 7 heteroatoms. The predicted octanol–water partition coefficient (Wildman–Crippen LogP) is 4.07. The highest BCUT2D eigenvalue weighted by Crippen LogP contribution is 2.35. The molecule has 1 aromatic heterocycles. The summed E-state index contributed by atoms with van der Waals surface area (Å²) in [5.74, 6) is 2.88. The molecule has 0 aliphatic carbocycles. The van der Waals surface area contributed by atoms with Crippen molar-refractivity contribution in [3.8, 4) is 28.7 Å². The molecule has 2 aromatic carbocycles. The third-order valence-electron chi connectivity index (χ3n) is 5.22. The summed E-state index contributed by atoms with van der Waals surface area (Å²) in [6, 6.07) is 11.7. The van der Waals surface area contributed by atoms with Crippen molar-refractivity contribution in [3.05, 3.63) is 59.4 Å². The van der Waals surface area contributed by atoms with Crippen LogP contribution in [-0.2, 0) is 6.54 Å². The van der Waals surface area contributed by atoms with E-state index < -0.39 is 0 Å². The number of ether oxygens (including phenoxy) is 4. The lowest BCUT2D eigenvalue weighted by molar-refractivity contribution is 0.346. The second-order valence-electron chi connectivity index (χ2n) is 6.92. The number of rotatable bonds is 9. The van der Waals surface area contributed by atoms with Crippen LogP contribution in [0.15, 0.2) is 42.6 Å². The monoisotopic (exact) mass is 411 g/mol. The van der Waals surface area contributed by atoms with Crippen molar-refractivity contribution in [2.75, 3.05) is 28.4 Å². The Hall–Kier alpha value is -3.19. The predicted molar refractivity (Wildman–Crippen MR) is 116 cm³/mol. The van der Waals surface area contributed by atoms with Crippen molar-refractivity contribution >= 4 is 0 Å². The first-order valence-corrected chi connectivity index (χ1v) is 9.73.